The van der Waals surface area contributed by atoms with Gasteiger partial charge < -0.3 is 25.4 Å². The maximum Gasteiger partial charge on any atom is 0.336 e. The van der Waals surface area contributed by atoms with Crippen LogP contribution in [0.15, 0.2) is 33.5 Å². The standard InChI is InChI=1S/C14H14N2O5/c1-7-4-13(18)21-11-5-8(2-3-9(7)11)16-12(17)6-10(15)14(19)20/h2-5,10H,6,15H2,1H3,(H,16,17)(H,19,20)/t10-/m0/s1. The van der Waals surface area contributed by atoms with Crippen LogP contribution in [0.4, 0.5) is 5.69 Å². The molecule has 21 heavy (non-hydrogen) atoms. The molecule has 2 rings (SSSR count). The molecule has 1 heterocycles. The van der Waals surface area contributed by atoms with E-state index in [1.54, 1.807) is 19.1 Å². The van der Waals surface area contributed by atoms with Crippen LogP contribution in [0.1, 0.15) is 12.0 Å². The molecule has 1 amide bonds. The molecule has 0 bridgehead atoms. The number of carboxylic acid groups (broad SMARTS) is 1. The molecule has 0 aliphatic carbocycles. The SMILES string of the molecule is Cc1cc(=O)oc2cc(NC(=O)C[C@H]([NH3+])C(=O)[O-])ccc12. The Morgan fingerprint density at radius 2 is 2.10 bits per heavy atom. The third kappa shape index (κ3) is 3.46. The average Bonchev–Trinajstić information content (AvgIpc) is 2.37. The number of carboxylic acids is 1. The Morgan fingerprint density at radius 3 is 2.76 bits per heavy atom. The number of rotatable bonds is 4. The van der Waals surface area contributed by atoms with Crippen molar-refractivity contribution < 1.29 is 24.8 Å². The number of quaternary nitrogens is 1. The maximum atomic E-state index is 11.7. The van der Waals surface area contributed by atoms with Crippen LogP contribution in [0.3, 0.4) is 0 Å². The molecule has 2 aromatic rings. The molecule has 0 fully saturated rings. The van der Waals surface area contributed by atoms with Gasteiger partial charge in [-0.3, -0.25) is 4.79 Å². The topological polar surface area (TPSA) is 127 Å². The molecule has 4 N–H and O–H groups in total. The smallest absolute Gasteiger partial charge is 0.336 e. The lowest BCUT2D eigenvalue weighted by Crippen LogP contribution is -2.69. The quantitative estimate of drug-likeness (QED) is 0.683. The van der Waals surface area contributed by atoms with Crippen LogP contribution >= 0.6 is 0 Å². The number of fused-ring (bicyclic) bond motifs is 1. The lowest BCUT2D eigenvalue weighted by atomic mass is 10.1. The molecule has 1 atom stereocenters. The zero-order chi connectivity index (χ0) is 15.6. The molecular weight excluding hydrogens is 276 g/mol. The minimum absolute atomic E-state index is 0.294. The summed E-state index contributed by atoms with van der Waals surface area (Å²) < 4.78 is 5.06. The Balaban J connectivity index is 2.22. The first-order valence-corrected chi connectivity index (χ1v) is 6.25. The Labute approximate surface area is 119 Å². The molecule has 0 saturated carbocycles. The van der Waals surface area contributed by atoms with Gasteiger partial charge >= 0.3 is 5.63 Å². The van der Waals surface area contributed by atoms with Crippen molar-refractivity contribution in [2.45, 2.75) is 19.4 Å². The predicted octanol–water partition coefficient (Wildman–Crippen LogP) is -1.21. The number of hydrogen-bond donors (Lipinski definition) is 2. The van der Waals surface area contributed by atoms with E-state index in [9.17, 15) is 19.5 Å². The number of carbonyl (C=O) groups is 2. The minimum atomic E-state index is -1.38. The molecular formula is C14H14N2O5. The third-order valence-corrected chi connectivity index (χ3v) is 3.00. The second-order valence-corrected chi connectivity index (χ2v) is 4.73. The van der Waals surface area contributed by atoms with Gasteiger partial charge in [-0.2, -0.15) is 0 Å². The zero-order valence-electron chi connectivity index (χ0n) is 11.3. The van der Waals surface area contributed by atoms with Gasteiger partial charge in [-0.1, -0.05) is 0 Å². The molecule has 0 spiro atoms. The van der Waals surface area contributed by atoms with E-state index in [2.05, 4.69) is 11.1 Å². The van der Waals surface area contributed by atoms with E-state index < -0.39 is 23.5 Å². The fourth-order valence-corrected chi connectivity index (χ4v) is 1.92. The van der Waals surface area contributed by atoms with Gasteiger partial charge in [0.2, 0.25) is 5.91 Å². The maximum absolute atomic E-state index is 11.7. The number of anilines is 1. The van der Waals surface area contributed by atoms with Gasteiger partial charge in [0.1, 0.15) is 11.6 Å². The van der Waals surface area contributed by atoms with E-state index in [0.29, 0.717) is 11.3 Å². The van der Waals surface area contributed by atoms with Crippen LogP contribution in [0.25, 0.3) is 11.0 Å². The lowest BCUT2D eigenvalue weighted by molar-refractivity contribution is -0.436. The molecule has 7 nitrogen and oxygen atoms in total. The molecule has 7 heteroatoms. The number of benzene rings is 1. The first-order chi connectivity index (χ1) is 9.86. The van der Waals surface area contributed by atoms with Crippen molar-refractivity contribution in [1.29, 1.82) is 0 Å². The number of carbonyl (C=O) groups excluding carboxylic acids is 2. The summed E-state index contributed by atoms with van der Waals surface area (Å²) in [6.07, 6.45) is -0.294. The highest BCUT2D eigenvalue weighted by molar-refractivity contribution is 5.95. The third-order valence-electron chi connectivity index (χ3n) is 3.00. The van der Waals surface area contributed by atoms with Gasteiger partial charge in [-0.05, 0) is 24.6 Å². The summed E-state index contributed by atoms with van der Waals surface area (Å²) in [7, 11) is 0. The lowest BCUT2D eigenvalue weighted by Gasteiger charge is -2.10. The highest BCUT2D eigenvalue weighted by Gasteiger charge is 2.14. The summed E-state index contributed by atoms with van der Waals surface area (Å²) in [6.45, 7) is 1.78. The van der Waals surface area contributed by atoms with Crippen molar-refractivity contribution in [3.05, 3.63) is 40.2 Å². The summed E-state index contributed by atoms with van der Waals surface area (Å²) in [5.41, 5.74) is 4.37. The van der Waals surface area contributed by atoms with E-state index >= 15 is 0 Å². The van der Waals surface area contributed by atoms with Crippen molar-refractivity contribution in [3.8, 4) is 0 Å². The first kappa shape index (κ1) is 14.7. The largest absolute Gasteiger partial charge is 0.544 e. The zero-order valence-corrected chi connectivity index (χ0v) is 11.3. The Bertz CT molecular complexity index is 766. The van der Waals surface area contributed by atoms with E-state index in [-0.39, 0.29) is 6.42 Å². The van der Waals surface area contributed by atoms with Gasteiger partial charge in [0.25, 0.3) is 0 Å². The molecule has 1 aromatic heterocycles. The predicted molar refractivity (Wildman–Crippen MR) is 72.2 cm³/mol. The first-order valence-electron chi connectivity index (χ1n) is 6.25. The number of aryl methyl sites for hydroxylation is 1. The Morgan fingerprint density at radius 1 is 1.38 bits per heavy atom. The van der Waals surface area contributed by atoms with Gasteiger partial charge in [0.15, 0.2) is 0 Å². The van der Waals surface area contributed by atoms with Crippen LogP contribution in [-0.2, 0) is 9.59 Å². The average molecular weight is 290 g/mol. The van der Waals surface area contributed by atoms with Crippen LogP contribution in [0.2, 0.25) is 0 Å². The fraction of sp³-hybridized carbons (Fsp3) is 0.214. The van der Waals surface area contributed by atoms with E-state index in [1.807, 2.05) is 0 Å². The molecule has 0 saturated heterocycles. The van der Waals surface area contributed by atoms with Crippen molar-refractivity contribution >= 4 is 28.5 Å². The second kappa shape index (κ2) is 5.76. The fourth-order valence-electron chi connectivity index (χ4n) is 1.92. The van der Waals surface area contributed by atoms with Gasteiger partial charge in [0.05, 0.1) is 12.4 Å². The highest BCUT2D eigenvalue weighted by Crippen LogP contribution is 2.20. The number of hydrogen-bond acceptors (Lipinski definition) is 5. The van der Waals surface area contributed by atoms with Crippen LogP contribution in [0.5, 0.6) is 0 Å². The molecule has 0 aliphatic heterocycles. The summed E-state index contributed by atoms with van der Waals surface area (Å²) in [5.74, 6) is -1.89. The van der Waals surface area contributed by atoms with Gasteiger partial charge in [-0.15, -0.1) is 0 Å². The van der Waals surface area contributed by atoms with Crippen LogP contribution in [-0.4, -0.2) is 17.9 Å². The summed E-state index contributed by atoms with van der Waals surface area (Å²) in [5, 5.41) is 13.8. The highest BCUT2D eigenvalue weighted by atomic mass is 16.4. The molecule has 0 radical (unpaired) electrons. The number of aliphatic carboxylic acids is 1. The van der Waals surface area contributed by atoms with Gasteiger partial charge in [-0.25, -0.2) is 4.79 Å². The Kier molecular flexibility index (Phi) is 4.04. The molecule has 110 valence electrons. The second-order valence-electron chi connectivity index (χ2n) is 4.73. The van der Waals surface area contributed by atoms with Crippen molar-refractivity contribution in [2.75, 3.05) is 5.32 Å². The van der Waals surface area contributed by atoms with Gasteiger partial charge in [0, 0.05) is 23.2 Å². The van der Waals surface area contributed by atoms with E-state index in [0.717, 1.165) is 10.9 Å². The van der Waals surface area contributed by atoms with E-state index in [1.165, 1.54) is 12.1 Å². The van der Waals surface area contributed by atoms with Crippen molar-refractivity contribution in [3.63, 3.8) is 0 Å². The number of nitrogens with one attached hydrogen (secondary N) is 1. The van der Waals surface area contributed by atoms with E-state index in [4.69, 9.17) is 4.42 Å². The van der Waals surface area contributed by atoms with Crippen molar-refractivity contribution in [2.24, 2.45) is 0 Å². The summed E-state index contributed by atoms with van der Waals surface area (Å²) in [6, 6.07) is 5.13. The summed E-state index contributed by atoms with van der Waals surface area (Å²) >= 11 is 0. The monoisotopic (exact) mass is 290 g/mol. The normalized spacial score (nSPS) is 12.1. The molecule has 1 aromatic carbocycles. The van der Waals surface area contributed by atoms with Crippen LogP contribution < -0.4 is 21.8 Å². The minimum Gasteiger partial charge on any atom is -0.544 e. The summed E-state index contributed by atoms with van der Waals surface area (Å²) in [4.78, 5) is 33.5. The number of amides is 1. The molecule has 0 aliphatic rings. The Hall–Kier alpha value is -2.67. The van der Waals surface area contributed by atoms with Crippen molar-refractivity contribution in [1.82, 2.24) is 0 Å². The molecule has 0 unspecified atom stereocenters. The van der Waals surface area contributed by atoms with Crippen LogP contribution in [0, 0.1) is 6.92 Å².